The predicted octanol–water partition coefficient (Wildman–Crippen LogP) is -5.70. The van der Waals surface area contributed by atoms with Crippen molar-refractivity contribution in [1.82, 2.24) is 0 Å². The molecule has 0 spiro atoms. The van der Waals surface area contributed by atoms with Crippen molar-refractivity contribution >= 4 is 48.1 Å². The fraction of sp³-hybridized carbons (Fsp3) is 0. The predicted molar refractivity (Wildman–Crippen MR) is 23.4 cm³/mol. The van der Waals surface area contributed by atoms with E-state index < -0.39 is 37.6 Å². The summed E-state index contributed by atoms with van der Waals surface area (Å²) in [6, 6.07) is 0. The molecule has 0 rings (SSSR count). The molecule has 0 atom stereocenters. The van der Waals surface area contributed by atoms with Crippen LogP contribution in [0, 0.1) is 0 Å². The molecule has 19 heteroatoms. The molecule has 2 N–H and O–H groups in total. The molecule has 0 amide bonds. The first-order valence-corrected chi connectivity index (χ1v) is 7.63. The van der Waals surface area contributed by atoms with Crippen LogP contribution in [0.2, 0.25) is 0 Å². The molecule has 0 aliphatic heterocycles. The summed E-state index contributed by atoms with van der Waals surface area (Å²) in [5.74, 6) is 0. The van der Waals surface area contributed by atoms with Crippen molar-refractivity contribution in [3.05, 3.63) is 0 Å². The van der Waals surface area contributed by atoms with Gasteiger partial charge in [-0.25, -0.2) is 0 Å². The van der Waals surface area contributed by atoms with E-state index in [4.69, 9.17) is 49.4 Å². The standard InChI is InChI=1S/Ca.Cd.2Cr.Cu.H2O4S.2H2O.6O.Zn/c;;;;;1-5(2,3)4;;;;;;;;;/h;;;;;(H2,1,2,3,4);2*1H2;;;;;;;/q2*+2;;2*+2;;;;;;;;2*-1;+2/p-4. The van der Waals surface area contributed by atoms with Gasteiger partial charge in [0.2, 0.25) is 0 Å². The van der Waals surface area contributed by atoms with Crippen LogP contribution in [-0.4, -0.2) is 63.6 Å². The Kier molecular flexibility index (Phi) is 44.0. The Morgan fingerprint density at radius 1 is 0.895 bits per heavy atom. The second-order valence-electron chi connectivity index (χ2n) is 1.26. The van der Waals surface area contributed by atoms with Gasteiger partial charge in [-0.2, -0.15) is 0 Å². The second-order valence-corrected chi connectivity index (χ2v) is 4.75. The molecular weight excluding hydrogens is 609 g/mol. The topological polar surface area (TPSA) is 235 Å². The maximum Gasteiger partial charge on any atom is 2.00 e. The minimum absolute atomic E-state index is 0. The summed E-state index contributed by atoms with van der Waals surface area (Å²) in [6.45, 7) is 0. The molecule has 1 radical (unpaired) electrons. The van der Waals surface area contributed by atoms with E-state index in [9.17, 15) is 0 Å². The van der Waals surface area contributed by atoms with E-state index in [1.165, 1.54) is 0 Å². The minimum Gasteiger partial charge on any atom is 2.00 e. The third-order valence-electron chi connectivity index (χ3n) is 0. The van der Waals surface area contributed by atoms with Crippen LogP contribution >= 0.6 is 0 Å². The molecule has 0 saturated heterocycles. The van der Waals surface area contributed by atoms with E-state index in [2.05, 4.69) is 0 Å². The Labute approximate surface area is 185 Å². The molecule has 105 valence electrons. The Morgan fingerprint density at radius 2 is 0.895 bits per heavy atom. The SMILES string of the molecule is O=S(=O)([O-])[O-].[Ca+2].[Cd+2].[Cu+2].[O]=[Cr](=[O])([O-])[O-].[O]=[Cr](=[O])([OH])[OH].[Zn+2]. The molecule has 0 aromatic heterocycles. The van der Waals surface area contributed by atoms with E-state index in [0.29, 0.717) is 0 Å². The summed E-state index contributed by atoms with van der Waals surface area (Å²) in [6.07, 6.45) is 0. The van der Waals surface area contributed by atoms with Crippen LogP contribution in [-0.2, 0) is 117 Å². The third kappa shape index (κ3) is 729. The van der Waals surface area contributed by atoms with Crippen molar-refractivity contribution in [2.75, 3.05) is 0 Å². The average Bonchev–Trinajstić information content (AvgIpc) is 1.41. The Balaban J connectivity index is -0.0000000206. The zero-order chi connectivity index (χ0) is 13.5. The Morgan fingerprint density at radius 3 is 0.895 bits per heavy atom. The second kappa shape index (κ2) is 19.3. The van der Waals surface area contributed by atoms with Gasteiger partial charge in [-0.15, -0.1) is 0 Å². The van der Waals surface area contributed by atoms with Gasteiger partial charge in [0.05, 0.1) is 0 Å². The van der Waals surface area contributed by atoms with Crippen molar-refractivity contribution in [2.24, 2.45) is 0 Å². The Hall–Kier alpha value is 3.30. The van der Waals surface area contributed by atoms with Crippen molar-refractivity contribution in [3.8, 4) is 0 Å². The van der Waals surface area contributed by atoms with Gasteiger partial charge in [0.1, 0.15) is 0 Å². The van der Waals surface area contributed by atoms with Crippen molar-refractivity contribution < 1.29 is 140 Å². The van der Waals surface area contributed by atoms with Gasteiger partial charge in [0.15, 0.2) is 0 Å². The van der Waals surface area contributed by atoms with Crippen LogP contribution < -0.4 is 8.32 Å². The Bertz CT molecular complexity index is 357. The van der Waals surface area contributed by atoms with Crippen LogP contribution in [0.25, 0.3) is 0 Å². The van der Waals surface area contributed by atoms with Crippen molar-refractivity contribution in [2.45, 2.75) is 0 Å². The molecular formula is H2CaCdCr2CuO12SZn+4. The van der Waals surface area contributed by atoms with Gasteiger partial charge < -0.3 is 9.11 Å². The molecule has 19 heavy (non-hydrogen) atoms. The van der Waals surface area contributed by atoms with Gasteiger partial charge in [-0.1, -0.05) is 0 Å². The van der Waals surface area contributed by atoms with Gasteiger partial charge in [0, 0.05) is 10.4 Å². The molecule has 0 heterocycles. The monoisotopic (exact) mass is 611 g/mol. The zero-order valence-electron chi connectivity index (χ0n) is 8.62. The first-order chi connectivity index (χ1) is 6.00. The summed E-state index contributed by atoms with van der Waals surface area (Å²) in [7, 11) is -5.17. The number of hydrogen-bond acceptors (Lipinski definition) is 10. The molecule has 0 saturated carbocycles. The maximum absolute atomic E-state index is 8.82. The normalized spacial score (nSPS) is 9.16. The fourth-order valence-corrected chi connectivity index (χ4v) is 0. The molecule has 0 aliphatic carbocycles. The van der Waals surface area contributed by atoms with Crippen LogP contribution in [0.15, 0.2) is 0 Å². The van der Waals surface area contributed by atoms with E-state index in [1.54, 1.807) is 0 Å². The summed E-state index contributed by atoms with van der Waals surface area (Å²) in [4.78, 5) is 0. The molecule has 0 aromatic carbocycles. The molecule has 0 fully saturated rings. The summed E-state index contributed by atoms with van der Waals surface area (Å²) >= 11 is -11.0. The number of rotatable bonds is 0. The first kappa shape index (κ1) is 43.2. The van der Waals surface area contributed by atoms with Gasteiger partial charge in [-0.05, 0) is 0 Å². The molecule has 0 bridgehead atoms. The van der Waals surface area contributed by atoms with Gasteiger partial charge in [0.25, 0.3) is 0 Å². The van der Waals surface area contributed by atoms with E-state index in [1.807, 2.05) is 0 Å². The summed E-state index contributed by atoms with van der Waals surface area (Å²) < 4.78 is 100. The fourth-order valence-electron chi connectivity index (χ4n) is 0. The molecule has 0 aromatic rings. The van der Waals surface area contributed by atoms with Gasteiger partial charge >= 0.3 is 161 Å². The van der Waals surface area contributed by atoms with Crippen molar-refractivity contribution in [3.63, 3.8) is 0 Å². The third-order valence-corrected chi connectivity index (χ3v) is 0. The minimum atomic E-state index is -5.75. The quantitative estimate of drug-likeness (QED) is 0.148. The molecule has 0 unspecified atom stereocenters. The smallest absolute Gasteiger partial charge is 2.00 e. The molecule has 0 aliphatic rings. The van der Waals surface area contributed by atoms with E-state index in [-0.39, 0.29) is 102 Å². The summed E-state index contributed by atoms with van der Waals surface area (Å²) in [5, 5.41) is 0. The largest absolute Gasteiger partial charge is 2.00 e. The van der Waals surface area contributed by atoms with Crippen LogP contribution in [0.5, 0.6) is 0 Å². The van der Waals surface area contributed by atoms with Crippen LogP contribution in [0.1, 0.15) is 0 Å². The van der Waals surface area contributed by atoms with E-state index in [0.717, 1.165) is 0 Å². The zero-order valence-corrected chi connectivity index (χ0v) is 22.1. The van der Waals surface area contributed by atoms with Crippen LogP contribution in [0.3, 0.4) is 0 Å². The van der Waals surface area contributed by atoms with Crippen molar-refractivity contribution in [1.29, 1.82) is 0 Å². The summed E-state index contributed by atoms with van der Waals surface area (Å²) in [5.41, 5.74) is 0. The van der Waals surface area contributed by atoms with E-state index >= 15 is 0 Å². The van der Waals surface area contributed by atoms with Gasteiger partial charge in [-0.3, -0.25) is 8.42 Å². The van der Waals surface area contributed by atoms with Crippen LogP contribution in [0.4, 0.5) is 0 Å². The maximum atomic E-state index is 8.82. The first-order valence-electron chi connectivity index (χ1n) is 2.03. The average molecular weight is 611 g/mol. The molecule has 12 nitrogen and oxygen atoms in total. The number of hydrogen-bond donors (Lipinski definition) is 2.